The Labute approximate surface area is 96.0 Å². The first-order chi connectivity index (χ1) is 7.44. The van der Waals surface area contributed by atoms with Gasteiger partial charge in [-0.15, -0.1) is 0 Å². The summed E-state index contributed by atoms with van der Waals surface area (Å²) in [6, 6.07) is 0. The van der Waals surface area contributed by atoms with E-state index in [2.05, 4.69) is 4.98 Å². The van der Waals surface area contributed by atoms with Crippen LogP contribution in [0.2, 0.25) is 0 Å². The number of sulfone groups is 1. The van der Waals surface area contributed by atoms with Gasteiger partial charge in [-0.1, -0.05) is 0 Å². The molecule has 1 aromatic heterocycles. The molecule has 0 fully saturated rings. The largest absolute Gasteiger partial charge is 0.387 e. The van der Waals surface area contributed by atoms with Gasteiger partial charge in [0.1, 0.15) is 9.84 Å². The van der Waals surface area contributed by atoms with E-state index in [9.17, 15) is 13.5 Å². The van der Waals surface area contributed by atoms with Crippen LogP contribution in [0.4, 0.5) is 0 Å². The molecule has 0 spiro atoms. The fourth-order valence-electron chi connectivity index (χ4n) is 1.56. The normalized spacial score (nSPS) is 13.9. The highest BCUT2D eigenvalue weighted by atomic mass is 32.2. The van der Waals surface area contributed by atoms with Crippen molar-refractivity contribution >= 4 is 9.84 Å². The second-order valence-electron chi connectivity index (χ2n) is 3.89. The zero-order valence-corrected chi connectivity index (χ0v) is 10.4. The van der Waals surface area contributed by atoms with E-state index in [1.165, 1.54) is 6.26 Å². The maximum absolute atomic E-state index is 10.9. The van der Waals surface area contributed by atoms with E-state index in [1.54, 1.807) is 12.5 Å². The van der Waals surface area contributed by atoms with Crippen LogP contribution in [0.25, 0.3) is 0 Å². The van der Waals surface area contributed by atoms with E-state index < -0.39 is 15.9 Å². The van der Waals surface area contributed by atoms with Gasteiger partial charge in [0.25, 0.3) is 0 Å². The monoisotopic (exact) mass is 246 g/mol. The van der Waals surface area contributed by atoms with Crippen LogP contribution in [0, 0.1) is 0 Å². The fraction of sp³-hybridized carbons (Fsp3) is 0.700. The zero-order valence-electron chi connectivity index (χ0n) is 9.63. The summed E-state index contributed by atoms with van der Waals surface area (Å²) in [5.41, 5.74) is 0.746. The molecular formula is C10H18N2O3S. The van der Waals surface area contributed by atoms with Crippen molar-refractivity contribution in [3.05, 3.63) is 18.2 Å². The van der Waals surface area contributed by atoms with Crippen LogP contribution in [0.3, 0.4) is 0 Å². The SMILES string of the molecule is CCn1cncc1C(O)CCCS(C)(=O)=O. The first-order valence-electron chi connectivity index (χ1n) is 5.30. The number of hydrogen-bond donors (Lipinski definition) is 1. The third-order valence-electron chi connectivity index (χ3n) is 2.42. The standard InChI is InChI=1S/C10H18N2O3S/c1-3-12-8-11-7-9(12)10(13)5-4-6-16(2,14)15/h7-8,10,13H,3-6H2,1-2H3. The molecule has 1 atom stereocenters. The van der Waals surface area contributed by atoms with Crippen molar-refractivity contribution in [2.24, 2.45) is 0 Å². The molecule has 0 saturated heterocycles. The Hall–Kier alpha value is -0.880. The molecule has 0 amide bonds. The number of aliphatic hydroxyl groups is 1. The molecule has 0 saturated carbocycles. The van der Waals surface area contributed by atoms with E-state index >= 15 is 0 Å². The lowest BCUT2D eigenvalue weighted by atomic mass is 10.1. The zero-order chi connectivity index (χ0) is 12.2. The lowest BCUT2D eigenvalue weighted by Gasteiger charge is -2.12. The molecule has 1 N–H and O–H groups in total. The van der Waals surface area contributed by atoms with Gasteiger partial charge in [0.05, 0.1) is 24.3 Å². The van der Waals surface area contributed by atoms with Crippen LogP contribution in [0.5, 0.6) is 0 Å². The Morgan fingerprint density at radius 2 is 2.25 bits per heavy atom. The van der Waals surface area contributed by atoms with Crippen molar-refractivity contribution in [2.75, 3.05) is 12.0 Å². The topological polar surface area (TPSA) is 72.2 Å². The van der Waals surface area contributed by atoms with Crippen LogP contribution < -0.4 is 0 Å². The summed E-state index contributed by atoms with van der Waals surface area (Å²) in [7, 11) is -2.94. The molecule has 1 rings (SSSR count). The molecule has 5 nitrogen and oxygen atoms in total. The van der Waals surface area contributed by atoms with Gasteiger partial charge in [0.15, 0.2) is 0 Å². The van der Waals surface area contributed by atoms with E-state index in [0.29, 0.717) is 12.8 Å². The molecule has 0 bridgehead atoms. The summed E-state index contributed by atoms with van der Waals surface area (Å²) in [5.74, 6) is 0.115. The van der Waals surface area contributed by atoms with Gasteiger partial charge >= 0.3 is 0 Å². The van der Waals surface area contributed by atoms with Crippen molar-refractivity contribution in [3.8, 4) is 0 Å². The molecule has 0 aliphatic heterocycles. The van der Waals surface area contributed by atoms with Gasteiger partial charge in [-0.25, -0.2) is 13.4 Å². The van der Waals surface area contributed by atoms with Gasteiger partial charge in [0.2, 0.25) is 0 Å². The Balaban J connectivity index is 2.50. The fourth-order valence-corrected chi connectivity index (χ4v) is 2.25. The van der Waals surface area contributed by atoms with Gasteiger partial charge < -0.3 is 9.67 Å². The summed E-state index contributed by atoms with van der Waals surface area (Å²) in [6.07, 6.45) is 4.76. The van der Waals surface area contributed by atoms with Gasteiger partial charge in [-0.2, -0.15) is 0 Å². The summed E-state index contributed by atoms with van der Waals surface area (Å²) in [6.45, 7) is 2.72. The molecule has 1 heterocycles. The van der Waals surface area contributed by atoms with E-state index in [4.69, 9.17) is 0 Å². The average molecular weight is 246 g/mol. The van der Waals surface area contributed by atoms with Gasteiger partial charge in [0, 0.05) is 18.6 Å². The molecule has 16 heavy (non-hydrogen) atoms. The molecule has 0 radical (unpaired) electrons. The summed E-state index contributed by atoms with van der Waals surface area (Å²) in [4.78, 5) is 3.96. The van der Waals surface area contributed by atoms with Crippen LogP contribution >= 0.6 is 0 Å². The first-order valence-corrected chi connectivity index (χ1v) is 7.36. The molecular weight excluding hydrogens is 228 g/mol. The van der Waals surface area contributed by atoms with Crippen LogP contribution in [-0.2, 0) is 16.4 Å². The number of aliphatic hydroxyl groups excluding tert-OH is 1. The predicted molar refractivity (Wildman–Crippen MR) is 61.8 cm³/mol. The number of aryl methyl sites for hydroxylation is 1. The third-order valence-corrected chi connectivity index (χ3v) is 3.45. The quantitative estimate of drug-likeness (QED) is 0.804. The van der Waals surface area contributed by atoms with Crippen molar-refractivity contribution in [1.82, 2.24) is 9.55 Å². The second-order valence-corrected chi connectivity index (χ2v) is 6.15. The highest BCUT2D eigenvalue weighted by Crippen LogP contribution is 2.18. The smallest absolute Gasteiger partial charge is 0.147 e. The average Bonchev–Trinajstić information content (AvgIpc) is 2.63. The molecule has 1 unspecified atom stereocenters. The third kappa shape index (κ3) is 3.94. The number of hydrogen-bond acceptors (Lipinski definition) is 4. The van der Waals surface area contributed by atoms with E-state index in [1.807, 2.05) is 11.5 Å². The number of aromatic nitrogens is 2. The Kier molecular flexibility index (Phi) is 4.49. The number of nitrogens with zero attached hydrogens (tertiary/aromatic N) is 2. The minimum absolute atomic E-state index is 0.115. The lowest BCUT2D eigenvalue weighted by Crippen LogP contribution is -2.09. The van der Waals surface area contributed by atoms with Crippen molar-refractivity contribution < 1.29 is 13.5 Å². The van der Waals surface area contributed by atoms with Crippen molar-refractivity contribution in [1.29, 1.82) is 0 Å². The molecule has 92 valence electrons. The minimum atomic E-state index is -2.94. The van der Waals surface area contributed by atoms with E-state index in [-0.39, 0.29) is 5.75 Å². The predicted octanol–water partition coefficient (Wildman–Crippen LogP) is 0.761. The Morgan fingerprint density at radius 1 is 1.56 bits per heavy atom. The van der Waals surface area contributed by atoms with Crippen molar-refractivity contribution in [2.45, 2.75) is 32.4 Å². The van der Waals surface area contributed by atoms with E-state index in [0.717, 1.165) is 12.2 Å². The molecule has 6 heteroatoms. The lowest BCUT2D eigenvalue weighted by molar-refractivity contribution is 0.157. The van der Waals surface area contributed by atoms with Crippen LogP contribution in [0.15, 0.2) is 12.5 Å². The Morgan fingerprint density at radius 3 is 2.81 bits per heavy atom. The highest BCUT2D eigenvalue weighted by molar-refractivity contribution is 7.90. The molecule has 0 aliphatic rings. The molecule has 0 aliphatic carbocycles. The summed E-state index contributed by atoms with van der Waals surface area (Å²) in [5, 5.41) is 9.86. The second kappa shape index (κ2) is 5.45. The Bertz CT molecular complexity index is 425. The minimum Gasteiger partial charge on any atom is -0.387 e. The highest BCUT2D eigenvalue weighted by Gasteiger charge is 2.13. The van der Waals surface area contributed by atoms with Gasteiger partial charge in [-0.05, 0) is 19.8 Å². The number of imidazole rings is 1. The maximum Gasteiger partial charge on any atom is 0.147 e. The summed E-state index contributed by atoms with van der Waals surface area (Å²) >= 11 is 0. The van der Waals surface area contributed by atoms with Crippen LogP contribution in [0.1, 0.15) is 31.6 Å². The van der Waals surface area contributed by atoms with Crippen LogP contribution in [-0.4, -0.2) is 35.1 Å². The maximum atomic E-state index is 10.9. The van der Waals surface area contributed by atoms with Crippen molar-refractivity contribution in [3.63, 3.8) is 0 Å². The molecule has 1 aromatic rings. The summed E-state index contributed by atoms with van der Waals surface area (Å²) < 4.78 is 23.7. The molecule has 0 aromatic carbocycles. The van der Waals surface area contributed by atoms with Gasteiger partial charge in [-0.3, -0.25) is 0 Å². The first kappa shape index (κ1) is 13.2. The number of rotatable bonds is 6.